The molecular formula is C25H26FNO3S2. The molecule has 1 aromatic heterocycles. The van der Waals surface area contributed by atoms with E-state index in [2.05, 4.69) is 18.3 Å². The number of ketones is 1. The Labute approximate surface area is 195 Å². The van der Waals surface area contributed by atoms with E-state index >= 15 is 0 Å². The number of benzene rings is 1. The van der Waals surface area contributed by atoms with E-state index in [1.807, 2.05) is 18.4 Å². The van der Waals surface area contributed by atoms with Crippen LogP contribution in [0.4, 0.5) is 4.39 Å². The molecule has 2 atom stereocenters. The lowest BCUT2D eigenvalue weighted by molar-refractivity contribution is -0.138. The van der Waals surface area contributed by atoms with Crippen LogP contribution in [-0.2, 0) is 14.3 Å². The summed E-state index contributed by atoms with van der Waals surface area (Å²) in [6.07, 6.45) is 1.06. The molecule has 2 aliphatic rings. The average molecular weight is 472 g/mol. The van der Waals surface area contributed by atoms with Crippen LogP contribution >= 0.6 is 23.1 Å². The van der Waals surface area contributed by atoms with Crippen molar-refractivity contribution in [1.82, 2.24) is 5.32 Å². The second-order valence-electron chi connectivity index (χ2n) is 7.92. The fourth-order valence-electron chi connectivity index (χ4n) is 4.47. The molecule has 1 aromatic carbocycles. The van der Waals surface area contributed by atoms with Gasteiger partial charge >= 0.3 is 5.97 Å². The maximum absolute atomic E-state index is 14.2. The van der Waals surface area contributed by atoms with E-state index in [4.69, 9.17) is 4.74 Å². The Kier molecular flexibility index (Phi) is 7.16. The Balaban J connectivity index is 1.71. The molecule has 32 heavy (non-hydrogen) atoms. The highest BCUT2D eigenvalue weighted by Crippen LogP contribution is 2.46. The summed E-state index contributed by atoms with van der Waals surface area (Å²) >= 11 is 3.34. The maximum atomic E-state index is 14.2. The van der Waals surface area contributed by atoms with Gasteiger partial charge in [-0.05, 0) is 48.2 Å². The van der Waals surface area contributed by atoms with E-state index in [9.17, 15) is 14.0 Å². The Morgan fingerprint density at radius 3 is 2.84 bits per heavy atom. The molecule has 168 valence electrons. The van der Waals surface area contributed by atoms with Crippen molar-refractivity contribution < 1.29 is 18.7 Å². The van der Waals surface area contributed by atoms with Crippen LogP contribution in [0.25, 0.3) is 0 Å². The van der Waals surface area contributed by atoms with E-state index in [1.165, 1.54) is 17.0 Å². The van der Waals surface area contributed by atoms with Crippen molar-refractivity contribution in [3.05, 3.63) is 80.6 Å². The van der Waals surface area contributed by atoms with Crippen molar-refractivity contribution in [1.29, 1.82) is 0 Å². The van der Waals surface area contributed by atoms with E-state index in [1.54, 1.807) is 35.2 Å². The van der Waals surface area contributed by atoms with Gasteiger partial charge in [0.2, 0.25) is 0 Å². The van der Waals surface area contributed by atoms with Crippen LogP contribution in [0.5, 0.6) is 0 Å². The van der Waals surface area contributed by atoms with Crippen LogP contribution in [0.3, 0.4) is 0 Å². The van der Waals surface area contributed by atoms with Gasteiger partial charge in [-0.25, -0.2) is 9.18 Å². The second-order valence-corrected chi connectivity index (χ2v) is 10.3. The Hall–Kier alpha value is -2.38. The summed E-state index contributed by atoms with van der Waals surface area (Å²) < 4.78 is 19.7. The predicted molar refractivity (Wildman–Crippen MR) is 127 cm³/mol. The minimum atomic E-state index is -0.634. The molecule has 0 amide bonds. The first-order valence-electron chi connectivity index (χ1n) is 10.8. The molecule has 2 aromatic rings. The molecule has 1 N–H and O–H groups in total. The molecule has 1 aliphatic heterocycles. The Morgan fingerprint density at radius 1 is 1.28 bits per heavy atom. The normalized spacial score (nSPS) is 20.8. The number of halogens is 1. The summed E-state index contributed by atoms with van der Waals surface area (Å²) in [6, 6.07) is 10.2. The molecule has 2 heterocycles. The Bertz CT molecular complexity index is 1070. The minimum absolute atomic E-state index is 0.00857. The zero-order chi connectivity index (χ0) is 22.7. The van der Waals surface area contributed by atoms with Gasteiger partial charge in [0.15, 0.2) is 5.78 Å². The van der Waals surface area contributed by atoms with Crippen LogP contribution in [0.2, 0.25) is 0 Å². The molecule has 0 bridgehead atoms. The zero-order valence-electron chi connectivity index (χ0n) is 18.2. The fourth-order valence-corrected chi connectivity index (χ4v) is 5.79. The average Bonchev–Trinajstić information content (AvgIpc) is 3.30. The summed E-state index contributed by atoms with van der Waals surface area (Å²) in [5.41, 5.74) is 3.02. The van der Waals surface area contributed by atoms with Gasteiger partial charge in [-0.3, -0.25) is 4.79 Å². The van der Waals surface area contributed by atoms with E-state index < -0.39 is 17.7 Å². The summed E-state index contributed by atoms with van der Waals surface area (Å²) in [5.74, 6) is 0.267. The SMILES string of the molecule is CCSCCOC(=O)C1=C(C)NC2=C(C(=O)C[C@@H](c3cccs3)C2)[C@H]1c1cccc(F)c1. The van der Waals surface area contributed by atoms with Crippen LogP contribution in [0, 0.1) is 5.82 Å². The zero-order valence-corrected chi connectivity index (χ0v) is 19.8. The van der Waals surface area contributed by atoms with Crippen molar-refractivity contribution in [2.45, 2.75) is 38.5 Å². The molecule has 0 unspecified atom stereocenters. The quantitative estimate of drug-likeness (QED) is 0.424. The highest BCUT2D eigenvalue weighted by atomic mass is 32.2. The number of rotatable bonds is 7. The number of nitrogens with one attached hydrogen (secondary N) is 1. The lowest BCUT2D eigenvalue weighted by Crippen LogP contribution is -2.36. The first kappa shape index (κ1) is 22.8. The number of allylic oxidation sites excluding steroid dienone is 3. The number of hydrogen-bond donors (Lipinski definition) is 1. The van der Waals surface area contributed by atoms with Gasteiger partial charge in [0.25, 0.3) is 0 Å². The molecule has 0 spiro atoms. The largest absolute Gasteiger partial charge is 0.461 e. The third-order valence-corrected chi connectivity index (χ3v) is 7.74. The molecule has 0 saturated heterocycles. The standard InChI is InChI=1S/C25H26FNO3S2/c1-3-31-11-9-30-25(29)22-15(2)27-19-13-17(21-8-5-10-32-21)14-20(28)24(19)23(22)16-6-4-7-18(26)12-16/h4-8,10,12,17,23,27H,3,9,11,13-14H2,1-2H3/t17-,23-/m0/s1. The molecule has 4 rings (SSSR count). The van der Waals surface area contributed by atoms with E-state index in [0.717, 1.165) is 11.4 Å². The number of thioether (sulfide) groups is 1. The number of ether oxygens (including phenoxy) is 1. The highest BCUT2D eigenvalue weighted by Gasteiger charge is 2.41. The minimum Gasteiger partial charge on any atom is -0.461 e. The van der Waals surface area contributed by atoms with E-state index in [-0.39, 0.29) is 11.7 Å². The van der Waals surface area contributed by atoms with Crippen LogP contribution < -0.4 is 5.32 Å². The summed E-state index contributed by atoms with van der Waals surface area (Å²) in [5, 5.41) is 5.35. The summed E-state index contributed by atoms with van der Waals surface area (Å²) in [7, 11) is 0. The van der Waals surface area contributed by atoms with Crippen LogP contribution in [-0.4, -0.2) is 29.9 Å². The highest BCUT2D eigenvalue weighted by molar-refractivity contribution is 7.99. The van der Waals surface area contributed by atoms with Crippen molar-refractivity contribution in [3.63, 3.8) is 0 Å². The first-order valence-corrected chi connectivity index (χ1v) is 12.8. The molecule has 0 saturated carbocycles. The van der Waals surface area contributed by atoms with E-state index in [0.29, 0.717) is 47.6 Å². The van der Waals surface area contributed by atoms with Gasteiger partial charge in [0.05, 0.1) is 5.57 Å². The van der Waals surface area contributed by atoms with Gasteiger partial charge in [-0.1, -0.05) is 25.1 Å². The van der Waals surface area contributed by atoms with Crippen molar-refractivity contribution in [2.24, 2.45) is 0 Å². The smallest absolute Gasteiger partial charge is 0.336 e. The number of carbonyl (C=O) groups is 2. The van der Waals surface area contributed by atoms with Gasteiger partial charge in [-0.15, -0.1) is 11.3 Å². The number of carbonyl (C=O) groups excluding carboxylic acids is 2. The van der Waals surface area contributed by atoms with Gasteiger partial charge in [-0.2, -0.15) is 11.8 Å². The van der Waals surface area contributed by atoms with Crippen molar-refractivity contribution >= 4 is 34.9 Å². The molecule has 0 fully saturated rings. The van der Waals surface area contributed by atoms with Crippen molar-refractivity contribution in [2.75, 3.05) is 18.1 Å². The first-order chi connectivity index (χ1) is 15.5. The number of esters is 1. The number of Topliss-reactive ketones (excluding diaryl/α,β-unsaturated/α-hetero) is 1. The number of dihydropyridines is 1. The van der Waals surface area contributed by atoms with Crippen molar-refractivity contribution in [3.8, 4) is 0 Å². The molecule has 0 radical (unpaired) electrons. The molecule has 4 nitrogen and oxygen atoms in total. The monoisotopic (exact) mass is 471 g/mol. The number of hydrogen-bond acceptors (Lipinski definition) is 6. The van der Waals surface area contributed by atoms with Gasteiger partial charge < -0.3 is 10.1 Å². The van der Waals surface area contributed by atoms with Gasteiger partial charge in [0.1, 0.15) is 12.4 Å². The van der Waals surface area contributed by atoms with Crippen LogP contribution in [0.1, 0.15) is 49.0 Å². The van der Waals surface area contributed by atoms with Crippen LogP contribution in [0.15, 0.2) is 64.3 Å². The van der Waals surface area contributed by atoms with Gasteiger partial charge in [0, 0.05) is 45.9 Å². The summed E-state index contributed by atoms with van der Waals surface area (Å²) in [4.78, 5) is 27.7. The summed E-state index contributed by atoms with van der Waals surface area (Å²) in [6.45, 7) is 4.17. The third kappa shape index (κ3) is 4.69. The lowest BCUT2D eigenvalue weighted by atomic mass is 9.72. The second kappa shape index (κ2) is 10.0. The topological polar surface area (TPSA) is 55.4 Å². The maximum Gasteiger partial charge on any atom is 0.336 e. The molecule has 7 heteroatoms. The fraction of sp³-hybridized carbons (Fsp3) is 0.360. The predicted octanol–water partition coefficient (Wildman–Crippen LogP) is 5.55. The number of thiophene rings is 1. The molecule has 1 aliphatic carbocycles. The lowest BCUT2D eigenvalue weighted by Gasteiger charge is -2.36. The Morgan fingerprint density at radius 2 is 2.12 bits per heavy atom. The third-order valence-electron chi connectivity index (χ3n) is 5.84. The molecular weight excluding hydrogens is 445 g/mol.